The van der Waals surface area contributed by atoms with Crippen molar-refractivity contribution in [1.29, 1.82) is 0 Å². The number of carbonyl (C=O) groups excluding carboxylic acids is 1. The molecule has 0 spiro atoms. The molecule has 1 aromatic rings. The van der Waals surface area contributed by atoms with Crippen LogP contribution in [0.1, 0.15) is 12.0 Å². The molecule has 0 bridgehead atoms. The van der Waals surface area contributed by atoms with Crippen LogP contribution in [0.3, 0.4) is 0 Å². The van der Waals surface area contributed by atoms with E-state index in [0.29, 0.717) is 50.5 Å². The van der Waals surface area contributed by atoms with E-state index in [-0.39, 0.29) is 5.91 Å². The van der Waals surface area contributed by atoms with E-state index in [1.807, 2.05) is 0 Å². The number of piperazine rings is 1. The number of amides is 1. The fourth-order valence-corrected chi connectivity index (χ4v) is 4.56. The van der Waals surface area contributed by atoms with Crippen LogP contribution in [0.5, 0.6) is 0 Å². The molecule has 1 N–H and O–H groups in total. The monoisotopic (exact) mass is 353 g/mol. The number of benzene rings is 1. The Bertz CT molecular complexity index is 712. The molecule has 0 aromatic heterocycles. The molecule has 0 saturated carbocycles. The number of ether oxygens (including phenoxy) is 1. The average molecular weight is 353 g/mol. The highest BCUT2D eigenvalue weighted by atomic mass is 32.2. The van der Waals surface area contributed by atoms with Gasteiger partial charge >= 0.3 is 0 Å². The Morgan fingerprint density at radius 3 is 2.62 bits per heavy atom. The minimum absolute atomic E-state index is 0.0229. The molecule has 0 aliphatic carbocycles. The predicted molar refractivity (Wildman–Crippen MR) is 90.5 cm³/mol. The average Bonchev–Trinajstić information content (AvgIpc) is 2.59. The van der Waals surface area contributed by atoms with E-state index < -0.39 is 10.0 Å². The summed E-state index contributed by atoms with van der Waals surface area (Å²) in [6, 6.07) is 4.96. The summed E-state index contributed by atoms with van der Waals surface area (Å²) in [5, 5.41) is 2.78. The summed E-state index contributed by atoms with van der Waals surface area (Å²) in [7, 11) is -1.82. The lowest BCUT2D eigenvalue weighted by Crippen LogP contribution is -2.49. The molecule has 1 saturated heterocycles. The first kappa shape index (κ1) is 17.3. The maximum atomic E-state index is 12.9. The summed E-state index contributed by atoms with van der Waals surface area (Å²) in [6.07, 6.45) is 0.976. The van der Waals surface area contributed by atoms with Gasteiger partial charge in [-0.15, -0.1) is 0 Å². The second-order valence-electron chi connectivity index (χ2n) is 6.11. The van der Waals surface area contributed by atoms with E-state index >= 15 is 0 Å². The largest absolute Gasteiger partial charge is 0.383 e. The number of nitrogens with zero attached hydrogens (tertiary/aromatic N) is 2. The number of rotatable bonds is 5. The molecule has 8 heteroatoms. The number of nitrogens with one attached hydrogen (secondary N) is 1. The van der Waals surface area contributed by atoms with Crippen molar-refractivity contribution in [1.82, 2.24) is 9.21 Å². The summed E-state index contributed by atoms with van der Waals surface area (Å²) in [6.45, 7) is 3.87. The van der Waals surface area contributed by atoms with E-state index in [1.54, 1.807) is 29.6 Å². The van der Waals surface area contributed by atoms with Crippen LogP contribution in [0.25, 0.3) is 0 Å². The molecular formula is C16H23N3O4S. The number of carbonyl (C=O) groups is 1. The number of hydrogen-bond donors (Lipinski definition) is 1. The summed E-state index contributed by atoms with van der Waals surface area (Å²) >= 11 is 0. The van der Waals surface area contributed by atoms with Crippen LogP contribution >= 0.6 is 0 Å². The zero-order valence-electron chi connectivity index (χ0n) is 13.8. The minimum Gasteiger partial charge on any atom is -0.383 e. The minimum atomic E-state index is -3.49. The van der Waals surface area contributed by atoms with Crippen molar-refractivity contribution >= 4 is 21.6 Å². The third-order valence-electron chi connectivity index (χ3n) is 4.55. The zero-order valence-corrected chi connectivity index (χ0v) is 14.6. The first-order valence-corrected chi connectivity index (χ1v) is 9.59. The molecule has 3 rings (SSSR count). The molecule has 2 aliphatic rings. The van der Waals surface area contributed by atoms with Gasteiger partial charge in [-0.2, -0.15) is 4.31 Å². The second kappa shape index (κ2) is 7.18. The smallest absolute Gasteiger partial charge is 0.243 e. The van der Waals surface area contributed by atoms with Crippen LogP contribution in [0, 0.1) is 0 Å². The van der Waals surface area contributed by atoms with Crippen LogP contribution < -0.4 is 5.32 Å². The predicted octanol–water partition coefficient (Wildman–Crippen LogP) is 0.524. The standard InChI is InChI=1S/C16H23N3O4S/c1-23-11-10-18-6-8-19(9-7-18)24(21,22)14-3-4-15-13(12-14)2-5-16(20)17-15/h3-4,12H,2,5-11H2,1H3,(H,17,20). The Morgan fingerprint density at radius 1 is 1.17 bits per heavy atom. The van der Waals surface area contributed by atoms with Crippen molar-refractivity contribution in [3.63, 3.8) is 0 Å². The van der Waals surface area contributed by atoms with Crippen molar-refractivity contribution < 1.29 is 17.9 Å². The third-order valence-corrected chi connectivity index (χ3v) is 6.45. The Balaban J connectivity index is 1.71. The summed E-state index contributed by atoms with van der Waals surface area (Å²) in [5.74, 6) is -0.0229. The number of aryl methyl sites for hydroxylation is 1. The van der Waals surface area contributed by atoms with Gasteiger partial charge in [0, 0.05) is 51.9 Å². The van der Waals surface area contributed by atoms with Crippen LogP contribution in [0.2, 0.25) is 0 Å². The number of fused-ring (bicyclic) bond motifs is 1. The number of methoxy groups -OCH3 is 1. The normalized spacial score (nSPS) is 19.8. The fourth-order valence-electron chi connectivity index (χ4n) is 3.08. The molecule has 2 heterocycles. The van der Waals surface area contributed by atoms with Gasteiger partial charge in [0.2, 0.25) is 15.9 Å². The van der Waals surface area contributed by atoms with E-state index in [1.165, 1.54) is 0 Å². The van der Waals surface area contributed by atoms with Gasteiger partial charge in [-0.05, 0) is 30.2 Å². The van der Waals surface area contributed by atoms with E-state index in [0.717, 1.165) is 17.8 Å². The molecule has 1 fully saturated rings. The Hall–Kier alpha value is -1.48. The van der Waals surface area contributed by atoms with Crippen LogP contribution in [-0.2, 0) is 26.0 Å². The van der Waals surface area contributed by atoms with E-state index in [2.05, 4.69) is 10.2 Å². The maximum Gasteiger partial charge on any atom is 0.243 e. The Labute approximate surface area is 142 Å². The summed E-state index contributed by atoms with van der Waals surface area (Å²) in [4.78, 5) is 13.9. The summed E-state index contributed by atoms with van der Waals surface area (Å²) in [5.41, 5.74) is 1.60. The topological polar surface area (TPSA) is 79.0 Å². The first-order valence-electron chi connectivity index (χ1n) is 8.15. The lowest BCUT2D eigenvalue weighted by atomic mass is 10.0. The lowest BCUT2D eigenvalue weighted by molar-refractivity contribution is -0.116. The van der Waals surface area contributed by atoms with Gasteiger partial charge in [0.25, 0.3) is 0 Å². The molecule has 0 atom stereocenters. The highest BCUT2D eigenvalue weighted by molar-refractivity contribution is 7.89. The van der Waals surface area contributed by atoms with Gasteiger partial charge in [0.1, 0.15) is 0 Å². The summed E-state index contributed by atoms with van der Waals surface area (Å²) < 4.78 is 32.3. The molecule has 7 nitrogen and oxygen atoms in total. The molecule has 2 aliphatic heterocycles. The van der Waals surface area contributed by atoms with Crippen molar-refractivity contribution in [2.75, 3.05) is 51.8 Å². The van der Waals surface area contributed by atoms with Gasteiger partial charge in [0.05, 0.1) is 11.5 Å². The number of anilines is 1. The van der Waals surface area contributed by atoms with Crippen molar-refractivity contribution in [2.45, 2.75) is 17.7 Å². The van der Waals surface area contributed by atoms with Crippen LogP contribution in [0.15, 0.2) is 23.1 Å². The van der Waals surface area contributed by atoms with Crippen LogP contribution in [0.4, 0.5) is 5.69 Å². The molecule has 1 aromatic carbocycles. The lowest BCUT2D eigenvalue weighted by Gasteiger charge is -2.34. The molecule has 1 amide bonds. The molecule has 0 unspecified atom stereocenters. The van der Waals surface area contributed by atoms with Gasteiger partial charge < -0.3 is 10.1 Å². The van der Waals surface area contributed by atoms with Crippen molar-refractivity contribution in [2.24, 2.45) is 0 Å². The van der Waals surface area contributed by atoms with Gasteiger partial charge in [-0.25, -0.2) is 8.42 Å². The SMILES string of the molecule is COCCN1CCN(S(=O)(=O)c2ccc3c(c2)CCC(=O)N3)CC1. The molecule has 24 heavy (non-hydrogen) atoms. The zero-order chi connectivity index (χ0) is 17.2. The molecule has 132 valence electrons. The van der Waals surface area contributed by atoms with E-state index in [4.69, 9.17) is 4.74 Å². The third kappa shape index (κ3) is 3.61. The van der Waals surface area contributed by atoms with Gasteiger partial charge in [-0.3, -0.25) is 9.69 Å². The molecule has 0 radical (unpaired) electrons. The maximum absolute atomic E-state index is 12.9. The number of hydrogen-bond acceptors (Lipinski definition) is 5. The highest BCUT2D eigenvalue weighted by Crippen LogP contribution is 2.27. The Morgan fingerprint density at radius 2 is 1.92 bits per heavy atom. The van der Waals surface area contributed by atoms with Crippen LogP contribution in [-0.4, -0.2) is 70.0 Å². The van der Waals surface area contributed by atoms with E-state index in [9.17, 15) is 13.2 Å². The second-order valence-corrected chi connectivity index (χ2v) is 8.04. The highest BCUT2D eigenvalue weighted by Gasteiger charge is 2.29. The molecular weight excluding hydrogens is 330 g/mol. The quantitative estimate of drug-likeness (QED) is 0.835. The van der Waals surface area contributed by atoms with Gasteiger partial charge in [-0.1, -0.05) is 0 Å². The van der Waals surface area contributed by atoms with Gasteiger partial charge in [0.15, 0.2) is 0 Å². The van der Waals surface area contributed by atoms with Crippen molar-refractivity contribution in [3.05, 3.63) is 23.8 Å². The fraction of sp³-hybridized carbons (Fsp3) is 0.562. The Kier molecular flexibility index (Phi) is 5.19. The first-order chi connectivity index (χ1) is 11.5. The number of sulfonamides is 1. The van der Waals surface area contributed by atoms with Crippen molar-refractivity contribution in [3.8, 4) is 0 Å².